The number of hydrogen-bond donors (Lipinski definition) is 0. The monoisotopic (exact) mass is 383 g/mol. The van der Waals surface area contributed by atoms with E-state index in [9.17, 15) is 9.59 Å². The highest BCUT2D eigenvalue weighted by molar-refractivity contribution is 5.83. The van der Waals surface area contributed by atoms with Gasteiger partial charge in [0.05, 0.1) is 13.2 Å². The van der Waals surface area contributed by atoms with Crippen molar-refractivity contribution in [1.82, 2.24) is 14.4 Å². The van der Waals surface area contributed by atoms with Gasteiger partial charge in [-0.15, -0.1) is 0 Å². The third-order valence-corrected chi connectivity index (χ3v) is 5.19. The molecule has 1 unspecified atom stereocenters. The van der Waals surface area contributed by atoms with Crippen LogP contribution in [0.3, 0.4) is 0 Å². The molecule has 2 heterocycles. The summed E-state index contributed by atoms with van der Waals surface area (Å²) in [4.78, 5) is 28.9. The van der Waals surface area contributed by atoms with Crippen LogP contribution in [0.4, 0.5) is 4.79 Å². The molecule has 1 aliphatic heterocycles. The maximum Gasteiger partial charge on any atom is 0.409 e. The number of amides is 2. The molecule has 6 heteroatoms. The summed E-state index contributed by atoms with van der Waals surface area (Å²) in [5, 5.41) is 0. The zero-order chi connectivity index (χ0) is 20.3. The van der Waals surface area contributed by atoms with Crippen LogP contribution in [0.1, 0.15) is 36.7 Å². The molecule has 0 spiro atoms. The van der Waals surface area contributed by atoms with Crippen LogP contribution in [0, 0.1) is 12.8 Å². The van der Waals surface area contributed by atoms with Gasteiger partial charge in [-0.25, -0.2) is 4.79 Å². The van der Waals surface area contributed by atoms with E-state index in [-0.39, 0.29) is 24.4 Å². The number of rotatable bonds is 5. The standard InChI is InChI=1S/C22H29N3O3/c1-16(2)14-24(22(27)28-4)15-20(26)25-13-12-23-11-7-10-19(23)21(25)18-9-6-5-8-17(18)3/h5-11,16,21H,12-15H2,1-4H3. The molecule has 1 atom stereocenters. The summed E-state index contributed by atoms with van der Waals surface area (Å²) in [6.07, 6.45) is 1.59. The van der Waals surface area contributed by atoms with Crippen molar-refractivity contribution in [3.63, 3.8) is 0 Å². The fourth-order valence-electron chi connectivity index (χ4n) is 3.90. The summed E-state index contributed by atoms with van der Waals surface area (Å²) in [5.41, 5.74) is 3.36. The number of hydrogen-bond acceptors (Lipinski definition) is 3. The first-order valence-corrected chi connectivity index (χ1v) is 9.75. The molecule has 150 valence electrons. The fraction of sp³-hybridized carbons (Fsp3) is 0.455. The Morgan fingerprint density at radius 2 is 1.93 bits per heavy atom. The fourth-order valence-corrected chi connectivity index (χ4v) is 3.90. The van der Waals surface area contributed by atoms with Gasteiger partial charge in [-0.1, -0.05) is 38.1 Å². The lowest BCUT2D eigenvalue weighted by molar-refractivity contribution is -0.134. The Kier molecular flexibility index (Phi) is 6.07. The predicted octanol–water partition coefficient (Wildman–Crippen LogP) is 3.45. The number of benzene rings is 1. The Hall–Kier alpha value is -2.76. The third kappa shape index (κ3) is 4.06. The van der Waals surface area contributed by atoms with Gasteiger partial charge in [0.15, 0.2) is 0 Å². The number of fused-ring (bicyclic) bond motifs is 1. The van der Waals surface area contributed by atoms with Crippen LogP contribution < -0.4 is 0 Å². The van der Waals surface area contributed by atoms with E-state index in [2.05, 4.69) is 35.9 Å². The molecule has 2 amide bonds. The quantitative estimate of drug-likeness (QED) is 0.795. The molecular weight excluding hydrogens is 354 g/mol. The van der Waals surface area contributed by atoms with Gasteiger partial charge in [-0.05, 0) is 36.1 Å². The first-order chi connectivity index (χ1) is 13.4. The predicted molar refractivity (Wildman–Crippen MR) is 108 cm³/mol. The van der Waals surface area contributed by atoms with E-state index in [1.165, 1.54) is 12.0 Å². The zero-order valence-electron chi connectivity index (χ0n) is 17.1. The van der Waals surface area contributed by atoms with E-state index in [4.69, 9.17) is 4.74 Å². The number of aryl methyl sites for hydroxylation is 1. The van der Waals surface area contributed by atoms with Gasteiger partial charge in [0.1, 0.15) is 6.54 Å². The van der Waals surface area contributed by atoms with Crippen molar-refractivity contribution in [1.29, 1.82) is 0 Å². The molecule has 3 rings (SSSR count). The average Bonchev–Trinajstić information content (AvgIpc) is 3.15. The molecule has 1 aromatic heterocycles. The van der Waals surface area contributed by atoms with Gasteiger partial charge >= 0.3 is 6.09 Å². The van der Waals surface area contributed by atoms with Crippen molar-refractivity contribution in [2.75, 3.05) is 26.7 Å². The van der Waals surface area contributed by atoms with E-state index in [0.29, 0.717) is 13.1 Å². The summed E-state index contributed by atoms with van der Waals surface area (Å²) in [6.45, 7) is 7.97. The molecule has 28 heavy (non-hydrogen) atoms. The SMILES string of the molecule is COC(=O)N(CC(=O)N1CCn2cccc2C1c1ccccc1C)CC(C)C. The number of methoxy groups -OCH3 is 1. The van der Waals surface area contributed by atoms with Crippen LogP contribution in [0.25, 0.3) is 0 Å². The molecular formula is C22H29N3O3. The Morgan fingerprint density at radius 1 is 1.18 bits per heavy atom. The summed E-state index contributed by atoms with van der Waals surface area (Å²) in [5.74, 6) is 0.185. The number of carbonyl (C=O) groups excluding carboxylic acids is 2. The second-order valence-corrected chi connectivity index (χ2v) is 7.72. The van der Waals surface area contributed by atoms with E-state index >= 15 is 0 Å². The molecule has 2 aromatic rings. The van der Waals surface area contributed by atoms with E-state index in [0.717, 1.165) is 23.4 Å². The second-order valence-electron chi connectivity index (χ2n) is 7.72. The first kappa shape index (κ1) is 20.0. The van der Waals surface area contributed by atoms with Crippen molar-refractivity contribution < 1.29 is 14.3 Å². The lowest BCUT2D eigenvalue weighted by atomic mass is 9.95. The van der Waals surface area contributed by atoms with Crippen LogP contribution in [0.2, 0.25) is 0 Å². The van der Waals surface area contributed by atoms with Gasteiger partial charge in [0.2, 0.25) is 5.91 Å². The van der Waals surface area contributed by atoms with Crippen molar-refractivity contribution in [2.24, 2.45) is 5.92 Å². The van der Waals surface area contributed by atoms with E-state index in [1.807, 2.05) is 36.9 Å². The van der Waals surface area contributed by atoms with Gasteiger partial charge in [0.25, 0.3) is 0 Å². The van der Waals surface area contributed by atoms with Crippen molar-refractivity contribution in [3.05, 3.63) is 59.4 Å². The molecule has 0 aliphatic carbocycles. The largest absolute Gasteiger partial charge is 0.453 e. The Balaban J connectivity index is 1.91. The molecule has 0 saturated carbocycles. The molecule has 0 N–H and O–H groups in total. The smallest absolute Gasteiger partial charge is 0.409 e. The molecule has 0 radical (unpaired) electrons. The maximum atomic E-state index is 13.3. The Morgan fingerprint density at radius 3 is 2.61 bits per heavy atom. The van der Waals surface area contributed by atoms with E-state index < -0.39 is 6.09 Å². The first-order valence-electron chi connectivity index (χ1n) is 9.75. The molecule has 0 saturated heterocycles. The van der Waals surface area contributed by atoms with Crippen molar-refractivity contribution in [3.8, 4) is 0 Å². The van der Waals surface area contributed by atoms with Gasteiger partial charge in [-0.2, -0.15) is 0 Å². The van der Waals surface area contributed by atoms with Crippen LogP contribution >= 0.6 is 0 Å². The lowest BCUT2D eigenvalue weighted by Gasteiger charge is -2.39. The number of ether oxygens (including phenoxy) is 1. The number of nitrogens with zero attached hydrogens (tertiary/aromatic N) is 3. The minimum Gasteiger partial charge on any atom is -0.453 e. The second kappa shape index (κ2) is 8.50. The minimum absolute atomic E-state index is 0.0218. The number of aromatic nitrogens is 1. The highest BCUT2D eigenvalue weighted by Gasteiger charge is 2.34. The summed E-state index contributed by atoms with van der Waals surface area (Å²) < 4.78 is 7.09. The van der Waals surface area contributed by atoms with Crippen LogP contribution in [-0.2, 0) is 16.1 Å². The third-order valence-electron chi connectivity index (χ3n) is 5.19. The summed E-state index contributed by atoms with van der Waals surface area (Å²) >= 11 is 0. The van der Waals surface area contributed by atoms with E-state index in [1.54, 1.807) is 0 Å². The highest BCUT2D eigenvalue weighted by Crippen LogP contribution is 2.34. The highest BCUT2D eigenvalue weighted by atomic mass is 16.5. The van der Waals surface area contributed by atoms with Gasteiger partial charge < -0.3 is 14.2 Å². The molecule has 1 aliphatic rings. The maximum absolute atomic E-state index is 13.3. The molecule has 0 bridgehead atoms. The molecule has 0 fully saturated rings. The minimum atomic E-state index is -0.463. The van der Waals surface area contributed by atoms with Crippen LogP contribution in [0.5, 0.6) is 0 Å². The van der Waals surface area contributed by atoms with Gasteiger partial charge in [-0.3, -0.25) is 9.69 Å². The summed E-state index contributed by atoms with van der Waals surface area (Å²) in [7, 11) is 1.35. The zero-order valence-corrected chi connectivity index (χ0v) is 17.1. The molecule has 1 aromatic carbocycles. The average molecular weight is 383 g/mol. The lowest BCUT2D eigenvalue weighted by Crippen LogP contribution is -2.48. The van der Waals surface area contributed by atoms with Crippen molar-refractivity contribution >= 4 is 12.0 Å². The summed E-state index contributed by atoms with van der Waals surface area (Å²) in [6, 6.07) is 12.1. The normalized spacial score (nSPS) is 16.0. The Bertz CT molecular complexity index is 843. The van der Waals surface area contributed by atoms with Crippen LogP contribution in [-0.4, -0.2) is 53.1 Å². The van der Waals surface area contributed by atoms with Crippen molar-refractivity contribution in [2.45, 2.75) is 33.4 Å². The van der Waals surface area contributed by atoms with Crippen LogP contribution in [0.15, 0.2) is 42.6 Å². The molecule has 6 nitrogen and oxygen atoms in total. The number of carbonyl (C=O) groups is 2. The Labute approximate surface area is 166 Å². The topological polar surface area (TPSA) is 54.8 Å². The van der Waals surface area contributed by atoms with Gasteiger partial charge in [0, 0.05) is 31.5 Å².